The number of nitrogens with one attached hydrogen (secondary N) is 2. The summed E-state index contributed by atoms with van der Waals surface area (Å²) >= 11 is 0. The number of benzene rings is 1. The van der Waals surface area contributed by atoms with E-state index in [-0.39, 0.29) is 11.9 Å². The lowest BCUT2D eigenvalue weighted by Crippen LogP contribution is -2.33. The van der Waals surface area contributed by atoms with Crippen LogP contribution in [-0.4, -0.2) is 25.6 Å². The van der Waals surface area contributed by atoms with E-state index in [1.165, 1.54) is 11.1 Å². The van der Waals surface area contributed by atoms with Crippen LogP contribution in [-0.2, 0) is 11.2 Å². The average Bonchev–Trinajstić information content (AvgIpc) is 2.80. The molecule has 0 bridgehead atoms. The van der Waals surface area contributed by atoms with E-state index in [2.05, 4.69) is 22.8 Å². The van der Waals surface area contributed by atoms with Crippen LogP contribution < -0.4 is 15.4 Å². The summed E-state index contributed by atoms with van der Waals surface area (Å²) in [5.74, 6) is 1.01. The first-order valence-electron chi connectivity index (χ1n) is 7.29. The fourth-order valence-corrected chi connectivity index (χ4v) is 2.67. The molecule has 0 radical (unpaired) electrons. The van der Waals surface area contributed by atoms with E-state index in [0.717, 1.165) is 18.6 Å². The normalized spacial score (nSPS) is 17.1. The van der Waals surface area contributed by atoms with E-state index >= 15 is 0 Å². The molecule has 20 heavy (non-hydrogen) atoms. The molecule has 0 aromatic heterocycles. The Labute approximate surface area is 120 Å². The predicted octanol–water partition coefficient (Wildman–Crippen LogP) is 2.19. The lowest BCUT2D eigenvalue weighted by atomic mass is 10.1. The molecule has 4 nitrogen and oxygen atoms in total. The number of fused-ring (bicyclic) bond motifs is 1. The zero-order valence-corrected chi connectivity index (χ0v) is 12.5. The van der Waals surface area contributed by atoms with Crippen LogP contribution in [0, 0.1) is 0 Å². The molecule has 4 heteroatoms. The van der Waals surface area contributed by atoms with Gasteiger partial charge in [-0.15, -0.1) is 0 Å². The lowest BCUT2D eigenvalue weighted by Gasteiger charge is -2.15. The number of ether oxygens (including phenoxy) is 1. The summed E-state index contributed by atoms with van der Waals surface area (Å²) < 4.78 is 5.28. The molecule has 0 heterocycles. The van der Waals surface area contributed by atoms with Crippen molar-refractivity contribution >= 4 is 5.91 Å². The Kier molecular flexibility index (Phi) is 5.01. The van der Waals surface area contributed by atoms with Gasteiger partial charge in [0, 0.05) is 25.0 Å². The van der Waals surface area contributed by atoms with E-state index in [1.807, 2.05) is 19.9 Å². The third-order valence-electron chi connectivity index (χ3n) is 3.62. The Hall–Kier alpha value is -1.55. The molecule has 1 aromatic rings. The number of aryl methyl sites for hydroxylation is 1. The van der Waals surface area contributed by atoms with Gasteiger partial charge in [-0.1, -0.05) is 6.07 Å². The van der Waals surface area contributed by atoms with Crippen molar-refractivity contribution in [3.05, 3.63) is 29.3 Å². The molecule has 110 valence electrons. The Bertz CT molecular complexity index is 472. The van der Waals surface area contributed by atoms with Gasteiger partial charge in [0.05, 0.1) is 7.11 Å². The second-order valence-electron chi connectivity index (χ2n) is 5.58. The van der Waals surface area contributed by atoms with Crippen LogP contribution in [0.25, 0.3) is 0 Å². The Balaban J connectivity index is 1.86. The minimum absolute atomic E-state index is 0.108. The van der Waals surface area contributed by atoms with Gasteiger partial charge in [0.2, 0.25) is 5.91 Å². The smallest absolute Gasteiger partial charge is 0.221 e. The SMILES string of the molecule is COc1ccc2c(c1)C(NCCC(=O)NC(C)C)CC2. The fourth-order valence-electron chi connectivity index (χ4n) is 2.67. The molecule has 1 amide bonds. The van der Waals surface area contributed by atoms with Gasteiger partial charge in [0.15, 0.2) is 0 Å². The standard InChI is InChI=1S/C16H24N2O2/c1-11(2)18-16(19)8-9-17-15-7-5-12-4-6-13(20-3)10-14(12)15/h4,6,10-11,15,17H,5,7-9H2,1-3H3,(H,18,19). The average molecular weight is 276 g/mol. The van der Waals surface area contributed by atoms with Crippen molar-refractivity contribution in [2.24, 2.45) is 0 Å². The summed E-state index contributed by atoms with van der Waals surface area (Å²) in [6.07, 6.45) is 2.71. The third kappa shape index (κ3) is 3.73. The molecule has 0 saturated heterocycles. The van der Waals surface area contributed by atoms with Crippen LogP contribution in [0.15, 0.2) is 18.2 Å². The minimum atomic E-state index is 0.108. The molecule has 0 spiro atoms. The first-order chi connectivity index (χ1) is 9.60. The quantitative estimate of drug-likeness (QED) is 0.837. The lowest BCUT2D eigenvalue weighted by molar-refractivity contribution is -0.121. The number of hydrogen-bond acceptors (Lipinski definition) is 3. The molecule has 1 unspecified atom stereocenters. The molecule has 0 aliphatic heterocycles. The van der Waals surface area contributed by atoms with Gasteiger partial charge in [-0.3, -0.25) is 4.79 Å². The Morgan fingerprint density at radius 2 is 2.25 bits per heavy atom. The van der Waals surface area contributed by atoms with E-state index < -0.39 is 0 Å². The van der Waals surface area contributed by atoms with Crippen LogP contribution in [0.5, 0.6) is 5.75 Å². The first kappa shape index (κ1) is 14.9. The van der Waals surface area contributed by atoms with Crippen LogP contribution in [0.1, 0.15) is 43.9 Å². The maximum absolute atomic E-state index is 11.6. The highest BCUT2D eigenvalue weighted by atomic mass is 16.5. The maximum atomic E-state index is 11.6. The van der Waals surface area contributed by atoms with Crippen molar-refractivity contribution in [3.63, 3.8) is 0 Å². The van der Waals surface area contributed by atoms with Crippen molar-refractivity contribution < 1.29 is 9.53 Å². The number of methoxy groups -OCH3 is 1. The first-order valence-corrected chi connectivity index (χ1v) is 7.29. The second kappa shape index (κ2) is 6.75. The van der Waals surface area contributed by atoms with Gasteiger partial charge in [-0.25, -0.2) is 0 Å². The summed E-state index contributed by atoms with van der Waals surface area (Å²) in [5.41, 5.74) is 2.70. The van der Waals surface area contributed by atoms with Crippen molar-refractivity contribution in [2.45, 2.75) is 45.2 Å². The largest absolute Gasteiger partial charge is 0.497 e. The molecular weight excluding hydrogens is 252 g/mol. The summed E-state index contributed by atoms with van der Waals surface area (Å²) in [4.78, 5) is 11.6. The number of rotatable bonds is 6. The number of carbonyl (C=O) groups is 1. The predicted molar refractivity (Wildman–Crippen MR) is 80.0 cm³/mol. The van der Waals surface area contributed by atoms with E-state index in [0.29, 0.717) is 19.0 Å². The highest BCUT2D eigenvalue weighted by molar-refractivity contribution is 5.76. The highest BCUT2D eigenvalue weighted by Crippen LogP contribution is 2.33. The highest BCUT2D eigenvalue weighted by Gasteiger charge is 2.22. The fraction of sp³-hybridized carbons (Fsp3) is 0.562. The number of amides is 1. The zero-order valence-electron chi connectivity index (χ0n) is 12.5. The van der Waals surface area contributed by atoms with E-state index in [4.69, 9.17) is 4.74 Å². The number of hydrogen-bond donors (Lipinski definition) is 2. The van der Waals surface area contributed by atoms with Crippen LogP contribution in [0.4, 0.5) is 0 Å². The molecule has 2 rings (SSSR count). The van der Waals surface area contributed by atoms with Crippen molar-refractivity contribution in [3.8, 4) is 5.75 Å². The van der Waals surface area contributed by atoms with E-state index in [9.17, 15) is 4.79 Å². The minimum Gasteiger partial charge on any atom is -0.497 e. The molecule has 1 aliphatic carbocycles. The summed E-state index contributed by atoms with van der Waals surface area (Å²) in [7, 11) is 1.69. The van der Waals surface area contributed by atoms with Gasteiger partial charge in [0.1, 0.15) is 5.75 Å². The number of carbonyl (C=O) groups excluding carboxylic acids is 1. The Morgan fingerprint density at radius 3 is 2.95 bits per heavy atom. The summed E-state index contributed by atoms with van der Waals surface area (Å²) in [5, 5.41) is 6.38. The Morgan fingerprint density at radius 1 is 1.45 bits per heavy atom. The van der Waals surface area contributed by atoms with E-state index in [1.54, 1.807) is 7.11 Å². The van der Waals surface area contributed by atoms with Gasteiger partial charge >= 0.3 is 0 Å². The van der Waals surface area contributed by atoms with Gasteiger partial charge < -0.3 is 15.4 Å². The monoisotopic (exact) mass is 276 g/mol. The molecule has 0 saturated carbocycles. The van der Waals surface area contributed by atoms with Crippen molar-refractivity contribution in [2.75, 3.05) is 13.7 Å². The summed E-state index contributed by atoms with van der Waals surface area (Å²) in [6.45, 7) is 4.66. The summed E-state index contributed by atoms with van der Waals surface area (Å²) in [6, 6.07) is 6.80. The molecular formula is C16H24N2O2. The van der Waals surface area contributed by atoms with Gasteiger partial charge in [-0.05, 0) is 49.9 Å². The molecule has 1 aliphatic rings. The third-order valence-corrected chi connectivity index (χ3v) is 3.62. The maximum Gasteiger partial charge on any atom is 0.221 e. The zero-order chi connectivity index (χ0) is 14.5. The van der Waals surface area contributed by atoms with Crippen LogP contribution in [0.3, 0.4) is 0 Å². The van der Waals surface area contributed by atoms with Crippen LogP contribution in [0.2, 0.25) is 0 Å². The van der Waals surface area contributed by atoms with Crippen LogP contribution >= 0.6 is 0 Å². The van der Waals surface area contributed by atoms with Gasteiger partial charge in [0.25, 0.3) is 0 Å². The second-order valence-corrected chi connectivity index (χ2v) is 5.58. The topological polar surface area (TPSA) is 50.4 Å². The molecule has 2 N–H and O–H groups in total. The molecule has 1 atom stereocenters. The van der Waals surface area contributed by atoms with Gasteiger partial charge in [-0.2, -0.15) is 0 Å². The molecule has 0 fully saturated rings. The van der Waals surface area contributed by atoms with Crippen molar-refractivity contribution in [1.29, 1.82) is 0 Å². The van der Waals surface area contributed by atoms with Crippen molar-refractivity contribution in [1.82, 2.24) is 10.6 Å². The molecule has 1 aromatic carbocycles.